The van der Waals surface area contributed by atoms with Crippen LogP contribution in [-0.4, -0.2) is 21.1 Å². The first-order valence-electron chi connectivity index (χ1n) is 5.63. The van der Waals surface area contributed by atoms with Gasteiger partial charge in [-0.05, 0) is 31.2 Å². The molecular weight excluding hydrogens is 251 g/mol. The lowest BCUT2D eigenvalue weighted by Crippen LogP contribution is -2.04. The highest BCUT2D eigenvalue weighted by Crippen LogP contribution is 2.17. The van der Waals surface area contributed by atoms with Gasteiger partial charge in [0.15, 0.2) is 10.9 Å². The first kappa shape index (κ1) is 12.8. The van der Waals surface area contributed by atoms with Crippen LogP contribution in [0.2, 0.25) is 0 Å². The summed E-state index contributed by atoms with van der Waals surface area (Å²) < 4.78 is 14.7. The summed E-state index contributed by atoms with van der Waals surface area (Å²) >= 11 is 1.39. The summed E-state index contributed by atoms with van der Waals surface area (Å²) in [6.45, 7) is 2.85. The van der Waals surface area contributed by atoms with Gasteiger partial charge in [-0.2, -0.15) is 0 Å². The lowest BCUT2D eigenvalue weighted by atomic mass is 10.1. The lowest BCUT2D eigenvalue weighted by Gasteiger charge is -2.03. The molecule has 3 nitrogen and oxygen atoms in total. The summed E-state index contributed by atoms with van der Waals surface area (Å²) in [5, 5.41) is 0.827. The van der Waals surface area contributed by atoms with Crippen molar-refractivity contribution in [3.05, 3.63) is 48.0 Å². The maximum atomic E-state index is 12.7. The monoisotopic (exact) mass is 264 g/mol. The van der Waals surface area contributed by atoms with Gasteiger partial charge in [0.05, 0.1) is 5.75 Å². The fraction of sp³-hybridized carbons (Fsp3) is 0.231. The highest BCUT2D eigenvalue weighted by Gasteiger charge is 2.09. The van der Waals surface area contributed by atoms with E-state index in [0.29, 0.717) is 11.3 Å². The molecule has 0 aliphatic carbocycles. The zero-order valence-corrected chi connectivity index (χ0v) is 10.8. The van der Waals surface area contributed by atoms with Crippen molar-refractivity contribution in [2.24, 2.45) is 0 Å². The van der Waals surface area contributed by atoms with Gasteiger partial charge in [-0.1, -0.05) is 11.8 Å². The van der Waals surface area contributed by atoms with E-state index in [2.05, 4.69) is 4.98 Å². The fourth-order valence-corrected chi connectivity index (χ4v) is 2.44. The summed E-state index contributed by atoms with van der Waals surface area (Å²) in [4.78, 5) is 16.1. The number of Topliss-reactive ketones (excluding diaryl/α,β-unsaturated/α-hetero) is 1. The molecule has 2 aromatic rings. The van der Waals surface area contributed by atoms with Crippen molar-refractivity contribution in [1.29, 1.82) is 0 Å². The van der Waals surface area contributed by atoms with Crippen molar-refractivity contribution in [1.82, 2.24) is 9.55 Å². The van der Waals surface area contributed by atoms with Crippen LogP contribution in [0, 0.1) is 5.82 Å². The number of hydrogen-bond acceptors (Lipinski definition) is 3. The minimum Gasteiger partial charge on any atom is -0.326 e. The average Bonchev–Trinajstić information content (AvgIpc) is 2.84. The zero-order valence-electron chi connectivity index (χ0n) is 9.97. The van der Waals surface area contributed by atoms with Crippen LogP contribution >= 0.6 is 11.8 Å². The van der Waals surface area contributed by atoms with Gasteiger partial charge >= 0.3 is 0 Å². The number of carbonyl (C=O) groups excluding carboxylic acids is 1. The minimum atomic E-state index is -0.333. The Kier molecular flexibility index (Phi) is 4.15. The van der Waals surface area contributed by atoms with E-state index in [0.717, 1.165) is 11.7 Å². The number of halogens is 1. The molecule has 0 bridgehead atoms. The fourth-order valence-electron chi connectivity index (χ4n) is 1.53. The third-order valence-corrected chi connectivity index (χ3v) is 3.52. The predicted molar refractivity (Wildman–Crippen MR) is 69.4 cm³/mol. The van der Waals surface area contributed by atoms with E-state index in [1.54, 1.807) is 6.20 Å². The molecule has 0 unspecified atom stereocenters. The van der Waals surface area contributed by atoms with Gasteiger partial charge in [0.1, 0.15) is 5.82 Å². The second-order valence-corrected chi connectivity index (χ2v) is 4.66. The minimum absolute atomic E-state index is 0.0225. The molecule has 0 aliphatic heterocycles. The number of ketones is 1. The quantitative estimate of drug-likeness (QED) is 0.615. The smallest absolute Gasteiger partial charge is 0.173 e. The van der Waals surface area contributed by atoms with Crippen LogP contribution in [-0.2, 0) is 6.54 Å². The van der Waals surface area contributed by atoms with Gasteiger partial charge in [-0.3, -0.25) is 4.79 Å². The molecule has 0 saturated carbocycles. The summed E-state index contributed by atoms with van der Waals surface area (Å²) in [6.07, 6.45) is 3.60. The van der Waals surface area contributed by atoms with Crippen LogP contribution in [0.5, 0.6) is 0 Å². The number of hydrogen-bond donors (Lipinski definition) is 0. The molecule has 0 aliphatic rings. The molecule has 94 valence electrons. The Morgan fingerprint density at radius 2 is 2.11 bits per heavy atom. The molecule has 5 heteroatoms. The van der Waals surface area contributed by atoms with Crippen LogP contribution in [0.15, 0.2) is 41.8 Å². The Morgan fingerprint density at radius 1 is 1.39 bits per heavy atom. The summed E-state index contributed by atoms with van der Waals surface area (Å²) in [5.41, 5.74) is 0.526. The number of benzene rings is 1. The van der Waals surface area contributed by atoms with Crippen molar-refractivity contribution in [2.75, 3.05) is 5.75 Å². The number of imidazole rings is 1. The number of aromatic nitrogens is 2. The van der Waals surface area contributed by atoms with E-state index in [9.17, 15) is 9.18 Å². The molecule has 0 atom stereocenters. The SMILES string of the molecule is CCn1ccnc1SCC(=O)c1ccc(F)cc1. The van der Waals surface area contributed by atoms with E-state index >= 15 is 0 Å². The maximum absolute atomic E-state index is 12.7. The molecule has 1 heterocycles. The Labute approximate surface area is 109 Å². The third kappa shape index (κ3) is 2.98. The van der Waals surface area contributed by atoms with Crippen LogP contribution in [0.1, 0.15) is 17.3 Å². The lowest BCUT2D eigenvalue weighted by molar-refractivity contribution is 0.102. The molecule has 0 fully saturated rings. The zero-order chi connectivity index (χ0) is 13.0. The standard InChI is InChI=1S/C13H13FN2OS/c1-2-16-8-7-15-13(16)18-9-12(17)10-3-5-11(14)6-4-10/h3-8H,2,9H2,1H3. The topological polar surface area (TPSA) is 34.9 Å². The van der Waals surface area contributed by atoms with Gasteiger partial charge in [0.25, 0.3) is 0 Å². The van der Waals surface area contributed by atoms with Crippen molar-refractivity contribution in [2.45, 2.75) is 18.6 Å². The van der Waals surface area contributed by atoms with E-state index in [4.69, 9.17) is 0 Å². The van der Waals surface area contributed by atoms with E-state index < -0.39 is 0 Å². The number of carbonyl (C=O) groups is 1. The molecule has 2 rings (SSSR count). The molecule has 1 aromatic carbocycles. The average molecular weight is 264 g/mol. The molecule has 0 radical (unpaired) electrons. The number of rotatable bonds is 5. The van der Waals surface area contributed by atoms with E-state index in [1.807, 2.05) is 17.7 Å². The van der Waals surface area contributed by atoms with Crippen LogP contribution < -0.4 is 0 Å². The molecule has 0 spiro atoms. The first-order chi connectivity index (χ1) is 8.70. The van der Waals surface area contributed by atoms with Crippen molar-refractivity contribution in [3.8, 4) is 0 Å². The molecule has 1 aromatic heterocycles. The maximum Gasteiger partial charge on any atom is 0.173 e. The van der Waals surface area contributed by atoms with Crippen molar-refractivity contribution < 1.29 is 9.18 Å². The van der Waals surface area contributed by atoms with Gasteiger partial charge in [-0.25, -0.2) is 9.37 Å². The van der Waals surface area contributed by atoms with E-state index in [1.165, 1.54) is 36.0 Å². The van der Waals surface area contributed by atoms with Gasteiger partial charge in [0.2, 0.25) is 0 Å². The summed E-state index contributed by atoms with van der Waals surface area (Å²) in [5.74, 6) is -0.0470. The first-order valence-corrected chi connectivity index (χ1v) is 6.62. The number of nitrogens with zero attached hydrogens (tertiary/aromatic N) is 2. The van der Waals surface area contributed by atoms with Gasteiger partial charge < -0.3 is 4.57 Å². The third-order valence-electron chi connectivity index (χ3n) is 2.52. The number of thioether (sulfide) groups is 1. The van der Waals surface area contributed by atoms with Gasteiger partial charge in [-0.15, -0.1) is 0 Å². The Morgan fingerprint density at radius 3 is 2.78 bits per heavy atom. The Balaban J connectivity index is 1.98. The van der Waals surface area contributed by atoms with Crippen LogP contribution in [0.3, 0.4) is 0 Å². The molecule has 0 N–H and O–H groups in total. The number of aryl methyl sites for hydroxylation is 1. The van der Waals surface area contributed by atoms with E-state index in [-0.39, 0.29) is 11.6 Å². The largest absolute Gasteiger partial charge is 0.326 e. The highest BCUT2D eigenvalue weighted by atomic mass is 32.2. The van der Waals surface area contributed by atoms with Crippen molar-refractivity contribution in [3.63, 3.8) is 0 Å². The van der Waals surface area contributed by atoms with Gasteiger partial charge in [0, 0.05) is 24.5 Å². The molecule has 18 heavy (non-hydrogen) atoms. The summed E-state index contributed by atoms with van der Waals surface area (Å²) in [6, 6.07) is 5.60. The van der Waals surface area contributed by atoms with Crippen LogP contribution in [0.4, 0.5) is 4.39 Å². The van der Waals surface area contributed by atoms with Crippen LogP contribution in [0.25, 0.3) is 0 Å². The Hall–Kier alpha value is -1.62. The summed E-state index contributed by atoms with van der Waals surface area (Å²) in [7, 11) is 0. The molecule has 0 saturated heterocycles. The predicted octanol–water partition coefficient (Wildman–Crippen LogP) is 3.02. The normalized spacial score (nSPS) is 10.6. The van der Waals surface area contributed by atoms with Crippen molar-refractivity contribution >= 4 is 17.5 Å². The Bertz CT molecular complexity index is 536. The second-order valence-electron chi connectivity index (χ2n) is 3.71. The molecular formula is C13H13FN2OS. The second kappa shape index (κ2) is 5.82. The highest BCUT2D eigenvalue weighted by molar-refractivity contribution is 7.99. The molecule has 0 amide bonds.